The number of hydrogen-bond donors (Lipinski definition) is 2. The molecule has 0 saturated carbocycles. The van der Waals surface area contributed by atoms with Gasteiger partial charge in [-0.2, -0.15) is 0 Å². The maximum Gasteiger partial charge on any atom is 0.335 e. The van der Waals surface area contributed by atoms with Crippen molar-refractivity contribution in [3.8, 4) is 11.5 Å². The van der Waals surface area contributed by atoms with E-state index in [0.717, 1.165) is 0 Å². The van der Waals surface area contributed by atoms with Crippen LogP contribution in [0.15, 0.2) is 78.4 Å². The minimum atomic E-state index is -1.03. The van der Waals surface area contributed by atoms with Crippen LogP contribution in [0, 0.1) is 0 Å². The summed E-state index contributed by atoms with van der Waals surface area (Å²) >= 11 is 0. The van der Waals surface area contributed by atoms with Gasteiger partial charge in [-0.05, 0) is 42.0 Å². The minimum Gasteiger partial charge on any atom is -0.493 e. The number of carbonyl (C=O) groups is 3. The van der Waals surface area contributed by atoms with E-state index in [1.807, 2.05) is 6.07 Å². The molecule has 1 aliphatic rings. The molecule has 0 unspecified atom stereocenters. The van der Waals surface area contributed by atoms with E-state index in [1.54, 1.807) is 54.6 Å². The first-order chi connectivity index (χ1) is 16.0. The van der Waals surface area contributed by atoms with Crippen LogP contribution in [0.2, 0.25) is 0 Å². The van der Waals surface area contributed by atoms with Crippen molar-refractivity contribution >= 4 is 29.5 Å². The molecule has 8 nitrogen and oxygen atoms in total. The summed E-state index contributed by atoms with van der Waals surface area (Å²) in [6.07, 6.45) is 1.45. The number of rotatable bonds is 7. The summed E-state index contributed by atoms with van der Waals surface area (Å²) in [5.41, 5.74) is 4.31. The predicted molar refractivity (Wildman–Crippen MR) is 121 cm³/mol. The number of aromatic carboxylic acids is 1. The fourth-order valence-electron chi connectivity index (χ4n) is 3.38. The zero-order valence-corrected chi connectivity index (χ0v) is 17.6. The van der Waals surface area contributed by atoms with Crippen LogP contribution in [0.1, 0.15) is 21.5 Å². The maximum absolute atomic E-state index is 12.9. The van der Waals surface area contributed by atoms with Crippen molar-refractivity contribution in [2.75, 3.05) is 12.1 Å². The van der Waals surface area contributed by atoms with Crippen LogP contribution in [0.5, 0.6) is 11.5 Å². The molecule has 0 radical (unpaired) electrons. The summed E-state index contributed by atoms with van der Waals surface area (Å²) in [4.78, 5) is 36.7. The number of carboxylic acids is 1. The van der Waals surface area contributed by atoms with Crippen LogP contribution in [0.4, 0.5) is 5.69 Å². The molecular formula is C25H20N2O6. The van der Waals surface area contributed by atoms with Gasteiger partial charge in [-0.15, -0.1) is 0 Å². The first-order valence-corrected chi connectivity index (χ1v) is 10.0. The average molecular weight is 444 g/mol. The highest BCUT2D eigenvalue weighted by Gasteiger charge is 2.34. The van der Waals surface area contributed by atoms with Crippen LogP contribution in [0.25, 0.3) is 6.08 Å². The lowest BCUT2D eigenvalue weighted by Gasteiger charge is -2.14. The SMILES string of the molecule is COc1cccc(/C=C2/C(=O)NN(c3ccccc3)C2=O)c1OCc1cccc(C(=O)O)c1. The Morgan fingerprint density at radius 3 is 2.52 bits per heavy atom. The highest BCUT2D eigenvalue weighted by atomic mass is 16.5. The molecule has 1 fully saturated rings. The van der Waals surface area contributed by atoms with Crippen molar-refractivity contribution in [2.45, 2.75) is 6.61 Å². The van der Waals surface area contributed by atoms with Gasteiger partial charge in [-0.3, -0.25) is 15.0 Å². The summed E-state index contributed by atoms with van der Waals surface area (Å²) in [7, 11) is 1.48. The summed E-state index contributed by atoms with van der Waals surface area (Å²) in [5.74, 6) is -1.33. The van der Waals surface area contributed by atoms with E-state index in [2.05, 4.69) is 5.43 Å². The summed E-state index contributed by atoms with van der Waals surface area (Å²) in [5, 5.41) is 10.4. The van der Waals surface area contributed by atoms with Crippen LogP contribution in [0.3, 0.4) is 0 Å². The van der Waals surface area contributed by atoms with Gasteiger partial charge in [0.15, 0.2) is 11.5 Å². The van der Waals surface area contributed by atoms with Crippen molar-refractivity contribution in [3.05, 3.63) is 95.1 Å². The summed E-state index contributed by atoms with van der Waals surface area (Å²) < 4.78 is 11.4. The number of ether oxygens (including phenoxy) is 2. The molecule has 0 aromatic heterocycles. The summed E-state index contributed by atoms with van der Waals surface area (Å²) in [6, 6.07) is 20.3. The standard InChI is InChI=1S/C25H20N2O6/c1-32-21-12-6-8-17(22(21)33-15-16-7-5-9-18(13-16)25(30)31)14-20-23(28)26-27(24(20)29)19-10-3-2-4-11-19/h2-14H,15H2,1H3,(H,26,28)(H,30,31)/b20-14-. The molecule has 33 heavy (non-hydrogen) atoms. The van der Waals surface area contributed by atoms with E-state index in [4.69, 9.17) is 9.47 Å². The smallest absolute Gasteiger partial charge is 0.335 e. The highest BCUT2D eigenvalue weighted by Crippen LogP contribution is 2.34. The fourth-order valence-corrected chi connectivity index (χ4v) is 3.38. The fraction of sp³-hybridized carbons (Fsp3) is 0.0800. The van der Waals surface area contributed by atoms with Gasteiger partial charge in [-0.25, -0.2) is 9.80 Å². The Kier molecular flexibility index (Phi) is 6.08. The molecule has 0 bridgehead atoms. The molecule has 1 aliphatic heterocycles. The number of nitrogens with zero attached hydrogens (tertiary/aromatic N) is 1. The number of methoxy groups -OCH3 is 1. The van der Waals surface area contributed by atoms with Gasteiger partial charge in [0.25, 0.3) is 11.8 Å². The summed E-state index contributed by atoms with van der Waals surface area (Å²) in [6.45, 7) is 0.0634. The van der Waals surface area contributed by atoms with E-state index < -0.39 is 17.8 Å². The first kappa shape index (κ1) is 21.6. The van der Waals surface area contributed by atoms with Crippen molar-refractivity contribution in [1.29, 1.82) is 0 Å². The zero-order chi connectivity index (χ0) is 23.4. The van der Waals surface area contributed by atoms with Gasteiger partial charge in [0, 0.05) is 5.56 Å². The zero-order valence-electron chi connectivity index (χ0n) is 17.6. The molecule has 166 valence electrons. The van der Waals surface area contributed by atoms with E-state index in [1.165, 1.54) is 30.3 Å². The molecule has 1 heterocycles. The Bertz CT molecular complexity index is 1250. The third-order valence-corrected chi connectivity index (χ3v) is 4.99. The van der Waals surface area contributed by atoms with E-state index in [0.29, 0.717) is 28.3 Å². The van der Waals surface area contributed by atoms with Crippen LogP contribution in [-0.2, 0) is 16.2 Å². The number of carboxylic acid groups (broad SMARTS) is 1. The molecule has 3 aromatic carbocycles. The lowest BCUT2D eigenvalue weighted by molar-refractivity contribution is -0.117. The molecule has 8 heteroatoms. The quantitative estimate of drug-likeness (QED) is 0.427. The number of anilines is 1. The van der Waals surface area contributed by atoms with Gasteiger partial charge in [0.1, 0.15) is 12.2 Å². The predicted octanol–water partition coefficient (Wildman–Crippen LogP) is 3.43. The van der Waals surface area contributed by atoms with Gasteiger partial charge >= 0.3 is 5.97 Å². The van der Waals surface area contributed by atoms with Crippen LogP contribution < -0.4 is 19.9 Å². The molecule has 0 atom stereocenters. The number of nitrogens with one attached hydrogen (secondary N) is 1. The van der Waals surface area contributed by atoms with Crippen molar-refractivity contribution in [1.82, 2.24) is 5.43 Å². The lowest BCUT2D eigenvalue weighted by Crippen LogP contribution is -2.35. The van der Waals surface area contributed by atoms with Crippen LogP contribution >= 0.6 is 0 Å². The molecule has 0 spiro atoms. The second-order valence-corrected chi connectivity index (χ2v) is 7.15. The third-order valence-electron chi connectivity index (χ3n) is 4.99. The second-order valence-electron chi connectivity index (χ2n) is 7.15. The second kappa shape index (κ2) is 9.27. The Morgan fingerprint density at radius 2 is 1.79 bits per heavy atom. The highest BCUT2D eigenvalue weighted by molar-refractivity contribution is 6.31. The van der Waals surface area contributed by atoms with Crippen molar-refractivity contribution < 1.29 is 29.0 Å². The molecule has 3 aromatic rings. The Balaban J connectivity index is 1.64. The third kappa shape index (κ3) is 4.54. The lowest BCUT2D eigenvalue weighted by atomic mass is 10.1. The van der Waals surface area contributed by atoms with E-state index in [9.17, 15) is 19.5 Å². The molecule has 2 amide bonds. The van der Waals surface area contributed by atoms with Gasteiger partial charge in [0.2, 0.25) is 0 Å². The number of hydrogen-bond acceptors (Lipinski definition) is 5. The van der Waals surface area contributed by atoms with E-state index >= 15 is 0 Å². The largest absolute Gasteiger partial charge is 0.493 e. The Labute approximate surface area is 189 Å². The van der Waals surface area contributed by atoms with Crippen LogP contribution in [-0.4, -0.2) is 30.0 Å². The van der Waals surface area contributed by atoms with Gasteiger partial charge in [-0.1, -0.05) is 42.5 Å². The van der Waals surface area contributed by atoms with Gasteiger partial charge in [0.05, 0.1) is 18.4 Å². The molecule has 2 N–H and O–H groups in total. The molecular weight excluding hydrogens is 424 g/mol. The minimum absolute atomic E-state index is 0.0511. The topological polar surface area (TPSA) is 105 Å². The number of para-hydroxylation sites is 2. The normalized spacial score (nSPS) is 14.3. The average Bonchev–Trinajstić information content (AvgIpc) is 3.12. The number of carbonyl (C=O) groups excluding carboxylic acids is 2. The van der Waals surface area contributed by atoms with Crippen molar-refractivity contribution in [3.63, 3.8) is 0 Å². The number of hydrazine groups is 1. The first-order valence-electron chi connectivity index (χ1n) is 10.0. The Hall–Kier alpha value is -4.59. The van der Waals surface area contributed by atoms with Crippen molar-refractivity contribution in [2.24, 2.45) is 0 Å². The molecule has 1 saturated heterocycles. The monoisotopic (exact) mass is 444 g/mol. The maximum atomic E-state index is 12.9. The molecule has 4 rings (SSSR count). The number of amides is 2. The van der Waals surface area contributed by atoms with Gasteiger partial charge < -0.3 is 14.6 Å². The van der Waals surface area contributed by atoms with E-state index in [-0.39, 0.29) is 17.7 Å². The Morgan fingerprint density at radius 1 is 1.03 bits per heavy atom. The number of benzene rings is 3. The molecule has 0 aliphatic carbocycles.